The van der Waals surface area contributed by atoms with Crippen LogP contribution in [0, 0.1) is 0 Å². The minimum Gasteiger partial charge on any atom is -0.394 e. The molecule has 0 bridgehead atoms. The Balaban J connectivity index is 2.35. The van der Waals surface area contributed by atoms with E-state index in [-0.39, 0.29) is 6.42 Å². The van der Waals surface area contributed by atoms with Crippen LogP contribution in [-0.4, -0.2) is 69.4 Å². The van der Waals surface area contributed by atoms with E-state index in [0.717, 1.165) is 4.90 Å². The normalized spacial score (nSPS) is 40.7. The number of rotatable bonds is 4. The number of aliphatic hydroxyl groups is 2. The van der Waals surface area contributed by atoms with E-state index in [9.17, 15) is 19.8 Å². The third-order valence-electron chi connectivity index (χ3n) is 3.84. The summed E-state index contributed by atoms with van der Waals surface area (Å²) in [5, 5.41) is 25.0. The van der Waals surface area contributed by atoms with Gasteiger partial charge in [0.2, 0.25) is 5.91 Å². The van der Waals surface area contributed by atoms with Gasteiger partial charge in [-0.2, -0.15) is 0 Å². The number of nitrogens with one attached hydrogen (secondary N) is 1. The molecule has 1 unspecified atom stereocenters. The fourth-order valence-corrected chi connectivity index (χ4v) is 3.16. The molecule has 5 atom stereocenters. The molecule has 0 aliphatic carbocycles. The number of methoxy groups -OCH3 is 1. The predicted molar refractivity (Wildman–Crippen MR) is 78.0 cm³/mol. The van der Waals surface area contributed by atoms with Gasteiger partial charge in [0.1, 0.15) is 16.7 Å². The molecule has 12 heteroatoms. The first-order chi connectivity index (χ1) is 10.7. The maximum Gasteiger partial charge on any atom is 0.328 e. The van der Waals surface area contributed by atoms with E-state index in [2.05, 4.69) is 31.3 Å². The second-order valence-corrected chi connectivity index (χ2v) is 7.01. The van der Waals surface area contributed by atoms with Crippen molar-refractivity contribution in [2.75, 3.05) is 13.7 Å². The number of hydrogen-bond donors (Lipinski definition) is 3. The van der Waals surface area contributed by atoms with Gasteiger partial charge in [-0.25, -0.2) is 4.79 Å². The van der Waals surface area contributed by atoms with Crippen molar-refractivity contribution in [2.24, 2.45) is 5.11 Å². The van der Waals surface area contributed by atoms with Crippen LogP contribution < -0.4 is 5.32 Å². The molecule has 0 aromatic heterocycles. The van der Waals surface area contributed by atoms with Crippen LogP contribution in [-0.2, 0) is 14.3 Å². The molecule has 2 fully saturated rings. The van der Waals surface area contributed by atoms with Gasteiger partial charge in [-0.05, 0) is 12.5 Å². The van der Waals surface area contributed by atoms with E-state index in [0.29, 0.717) is 0 Å². The first-order valence-corrected chi connectivity index (χ1v) is 7.41. The van der Waals surface area contributed by atoms with Crippen LogP contribution in [0.1, 0.15) is 13.3 Å². The highest BCUT2D eigenvalue weighted by molar-refractivity contribution is 9.10. The molecule has 128 valence electrons. The standard InChI is InChI=1S/C11H16BrN5O6/c1-10(12)7(19)14-9(20)17(8(10)22-2)6-3-11(21,15-16-13)5(4-18)23-6/h5-6,8,18,21H,3-4H2,1-2H3,(H,14,19,20)/t5-,6-,8?,10+,11+/m1/s1. The first-order valence-electron chi connectivity index (χ1n) is 6.61. The molecule has 2 rings (SSSR count). The third kappa shape index (κ3) is 2.89. The van der Waals surface area contributed by atoms with Crippen LogP contribution in [0.3, 0.4) is 0 Å². The summed E-state index contributed by atoms with van der Waals surface area (Å²) in [4.78, 5) is 27.7. The Morgan fingerprint density at radius 2 is 2.30 bits per heavy atom. The highest BCUT2D eigenvalue weighted by atomic mass is 79.9. The third-order valence-corrected chi connectivity index (χ3v) is 4.60. The van der Waals surface area contributed by atoms with E-state index >= 15 is 0 Å². The van der Waals surface area contributed by atoms with Gasteiger partial charge in [0.25, 0.3) is 0 Å². The van der Waals surface area contributed by atoms with E-state index < -0.39 is 47.2 Å². The highest BCUT2D eigenvalue weighted by Crippen LogP contribution is 2.39. The van der Waals surface area contributed by atoms with Crippen LogP contribution in [0.2, 0.25) is 0 Å². The predicted octanol–water partition coefficient (Wildman–Crippen LogP) is -0.229. The molecule has 23 heavy (non-hydrogen) atoms. The highest BCUT2D eigenvalue weighted by Gasteiger charge is 2.57. The zero-order chi connectivity index (χ0) is 17.4. The van der Waals surface area contributed by atoms with Crippen molar-refractivity contribution in [1.29, 1.82) is 0 Å². The molecule has 3 amide bonds. The minimum absolute atomic E-state index is 0.285. The molecule has 11 nitrogen and oxygen atoms in total. The number of hydrogen-bond acceptors (Lipinski definition) is 7. The van der Waals surface area contributed by atoms with Gasteiger partial charge >= 0.3 is 6.03 Å². The van der Waals surface area contributed by atoms with E-state index in [1.165, 1.54) is 14.0 Å². The zero-order valence-electron chi connectivity index (χ0n) is 12.3. The van der Waals surface area contributed by atoms with Crippen LogP contribution in [0.25, 0.3) is 10.4 Å². The van der Waals surface area contributed by atoms with Crippen molar-refractivity contribution in [1.82, 2.24) is 10.2 Å². The molecule has 0 radical (unpaired) electrons. The molecule has 2 saturated heterocycles. The Hall–Kier alpha value is -1.43. The fraction of sp³-hybridized carbons (Fsp3) is 0.818. The maximum absolute atomic E-state index is 12.2. The van der Waals surface area contributed by atoms with Gasteiger partial charge < -0.3 is 19.7 Å². The van der Waals surface area contributed by atoms with Crippen molar-refractivity contribution in [3.63, 3.8) is 0 Å². The number of urea groups is 1. The number of ether oxygens (including phenoxy) is 2. The topological polar surface area (TPSA) is 157 Å². The summed E-state index contributed by atoms with van der Waals surface area (Å²) in [6.07, 6.45) is -3.61. The van der Waals surface area contributed by atoms with E-state index in [4.69, 9.17) is 15.0 Å². The van der Waals surface area contributed by atoms with Gasteiger partial charge in [-0.1, -0.05) is 21.0 Å². The van der Waals surface area contributed by atoms with Gasteiger partial charge in [0.05, 0.1) is 6.61 Å². The molecule has 0 saturated carbocycles. The first kappa shape index (κ1) is 17.9. The van der Waals surface area contributed by atoms with Crippen molar-refractivity contribution in [3.8, 4) is 0 Å². The number of carbonyl (C=O) groups excluding carboxylic acids is 2. The number of aliphatic hydroxyl groups excluding tert-OH is 1. The quantitative estimate of drug-likeness (QED) is 0.259. The number of alkyl halides is 1. The lowest BCUT2D eigenvalue weighted by molar-refractivity contribution is -0.155. The van der Waals surface area contributed by atoms with Crippen LogP contribution in [0.4, 0.5) is 4.79 Å². The molecule has 3 N–H and O–H groups in total. The molecule has 0 spiro atoms. The minimum atomic E-state index is -2.02. The number of nitrogens with zero attached hydrogens (tertiary/aromatic N) is 4. The molecule has 0 aromatic rings. The smallest absolute Gasteiger partial charge is 0.328 e. The summed E-state index contributed by atoms with van der Waals surface area (Å²) in [6, 6.07) is -0.786. The average Bonchev–Trinajstić information content (AvgIpc) is 2.79. The number of carbonyl (C=O) groups is 2. The van der Waals surface area contributed by atoms with Crippen molar-refractivity contribution < 1.29 is 29.3 Å². The number of amides is 3. The summed E-state index contributed by atoms with van der Waals surface area (Å²) >= 11 is 3.21. The molecule has 2 heterocycles. The largest absolute Gasteiger partial charge is 0.394 e. The lowest BCUT2D eigenvalue weighted by Crippen LogP contribution is -2.69. The van der Waals surface area contributed by atoms with Crippen molar-refractivity contribution >= 4 is 27.9 Å². The van der Waals surface area contributed by atoms with Gasteiger partial charge in [0, 0.05) is 18.4 Å². The number of azide groups is 1. The van der Waals surface area contributed by atoms with Crippen LogP contribution in [0.5, 0.6) is 0 Å². The summed E-state index contributed by atoms with van der Waals surface area (Å²) in [6.45, 7) is 0.887. The number of imide groups is 1. The SMILES string of the molecule is COC1N([C@H]2C[C@@](O)(N=[N+]=[N-])[C@@H](CO)O2)C(=O)NC(=O)[C@]1(C)Br. The van der Waals surface area contributed by atoms with Crippen LogP contribution >= 0.6 is 15.9 Å². The summed E-state index contributed by atoms with van der Waals surface area (Å²) in [5.41, 5.74) is 6.54. The summed E-state index contributed by atoms with van der Waals surface area (Å²) in [7, 11) is 1.31. The fourth-order valence-electron chi connectivity index (χ4n) is 2.65. The van der Waals surface area contributed by atoms with Crippen molar-refractivity contribution in [2.45, 2.75) is 42.0 Å². The Morgan fingerprint density at radius 1 is 1.65 bits per heavy atom. The zero-order valence-corrected chi connectivity index (χ0v) is 13.9. The molecule has 2 aliphatic heterocycles. The Bertz CT molecular complexity index is 567. The molecule has 0 aromatic carbocycles. The molecular weight excluding hydrogens is 378 g/mol. The Morgan fingerprint density at radius 3 is 2.83 bits per heavy atom. The molecule has 2 aliphatic rings. The summed E-state index contributed by atoms with van der Waals surface area (Å²) < 4.78 is 9.42. The monoisotopic (exact) mass is 393 g/mol. The average molecular weight is 394 g/mol. The number of halogens is 1. The van der Waals surface area contributed by atoms with Crippen LogP contribution in [0.15, 0.2) is 5.11 Å². The van der Waals surface area contributed by atoms with E-state index in [1.54, 1.807) is 0 Å². The Labute approximate surface area is 139 Å². The maximum atomic E-state index is 12.2. The summed E-state index contributed by atoms with van der Waals surface area (Å²) in [5.74, 6) is -0.590. The lowest BCUT2D eigenvalue weighted by Gasteiger charge is -2.44. The second-order valence-electron chi connectivity index (χ2n) is 5.36. The van der Waals surface area contributed by atoms with E-state index in [1.807, 2.05) is 0 Å². The van der Waals surface area contributed by atoms with Crippen molar-refractivity contribution in [3.05, 3.63) is 10.4 Å². The Kier molecular flexibility index (Phi) is 4.85. The van der Waals surface area contributed by atoms with Gasteiger partial charge in [-0.15, -0.1) is 0 Å². The lowest BCUT2D eigenvalue weighted by atomic mass is 10.0. The van der Waals surface area contributed by atoms with Gasteiger partial charge in [0.15, 0.2) is 12.0 Å². The second kappa shape index (κ2) is 6.23. The van der Waals surface area contributed by atoms with Gasteiger partial charge in [-0.3, -0.25) is 15.0 Å². The molecular formula is C11H16BrN5O6.